The molecule has 7 heteroatoms. The lowest BCUT2D eigenvalue weighted by Crippen LogP contribution is -2.23. The number of anilines is 1. The van der Waals surface area contributed by atoms with Crippen molar-refractivity contribution in [2.75, 3.05) is 18.1 Å². The molecule has 1 unspecified atom stereocenters. The number of benzene rings is 1. The number of thioether (sulfide) groups is 1. The van der Waals surface area contributed by atoms with Gasteiger partial charge in [-0.05, 0) is 48.6 Å². The molecule has 2 aromatic rings. The fraction of sp³-hybridized carbons (Fsp3) is 0.571. The van der Waals surface area contributed by atoms with Crippen molar-refractivity contribution in [1.82, 2.24) is 14.8 Å². The maximum atomic E-state index is 6.03. The van der Waals surface area contributed by atoms with Crippen molar-refractivity contribution in [1.29, 1.82) is 0 Å². The molecule has 0 aliphatic heterocycles. The highest BCUT2D eigenvalue weighted by Gasteiger charge is 2.12. The Bertz CT molecular complexity index is 751. The largest absolute Gasteiger partial charge is 0.370 e. The van der Waals surface area contributed by atoms with Gasteiger partial charge in [0.05, 0.1) is 0 Å². The van der Waals surface area contributed by atoms with Gasteiger partial charge in [-0.25, -0.2) is 0 Å². The monoisotopic (exact) mass is 402 g/mol. The van der Waals surface area contributed by atoms with Crippen molar-refractivity contribution in [3.63, 3.8) is 0 Å². The van der Waals surface area contributed by atoms with Crippen LogP contribution in [-0.2, 0) is 13.0 Å². The second kappa shape index (κ2) is 11.1. The number of hydrogen-bond acceptors (Lipinski definition) is 4. The van der Waals surface area contributed by atoms with Crippen molar-refractivity contribution in [3.05, 3.63) is 35.7 Å². The summed E-state index contributed by atoms with van der Waals surface area (Å²) in [5.74, 6) is 2.61. The number of aromatic nitrogens is 3. The first-order chi connectivity index (χ1) is 13.4. The van der Waals surface area contributed by atoms with E-state index in [9.17, 15) is 0 Å². The van der Waals surface area contributed by atoms with Gasteiger partial charge in [-0.15, -0.1) is 10.2 Å². The van der Waals surface area contributed by atoms with Gasteiger partial charge in [0.1, 0.15) is 5.82 Å². The Morgan fingerprint density at radius 3 is 2.54 bits per heavy atom. The highest BCUT2D eigenvalue weighted by molar-refractivity contribution is 7.98. The van der Waals surface area contributed by atoms with Crippen molar-refractivity contribution in [2.24, 2.45) is 16.6 Å². The van der Waals surface area contributed by atoms with E-state index < -0.39 is 0 Å². The van der Waals surface area contributed by atoms with E-state index in [0.717, 1.165) is 42.5 Å². The summed E-state index contributed by atoms with van der Waals surface area (Å²) in [6, 6.07) is 8.41. The van der Waals surface area contributed by atoms with Gasteiger partial charge in [-0.3, -0.25) is 4.99 Å². The fourth-order valence-corrected chi connectivity index (χ4v) is 3.48. The summed E-state index contributed by atoms with van der Waals surface area (Å²) in [6.45, 7) is 10.5. The summed E-state index contributed by atoms with van der Waals surface area (Å²) in [5, 5.41) is 12.8. The highest BCUT2D eigenvalue weighted by atomic mass is 32.2. The lowest BCUT2D eigenvalue weighted by molar-refractivity contribution is 0.477. The fourth-order valence-electron chi connectivity index (χ4n) is 2.96. The molecule has 0 aliphatic rings. The third kappa shape index (κ3) is 6.55. The minimum Gasteiger partial charge on any atom is -0.370 e. The van der Waals surface area contributed by atoms with Gasteiger partial charge in [0.2, 0.25) is 0 Å². The molecule has 0 amide bonds. The first-order valence-corrected chi connectivity index (χ1v) is 11.3. The summed E-state index contributed by atoms with van der Waals surface area (Å²) in [5.41, 5.74) is 8.35. The summed E-state index contributed by atoms with van der Waals surface area (Å²) < 4.78 is 2.22. The maximum Gasteiger partial charge on any atom is 0.193 e. The van der Waals surface area contributed by atoms with E-state index in [4.69, 9.17) is 5.73 Å². The molecule has 6 nitrogen and oxygen atoms in total. The van der Waals surface area contributed by atoms with Gasteiger partial charge in [0.25, 0.3) is 0 Å². The zero-order chi connectivity index (χ0) is 20.5. The molecule has 1 aromatic heterocycles. The predicted octanol–water partition coefficient (Wildman–Crippen LogP) is 4.53. The molecule has 0 aliphatic carbocycles. The van der Waals surface area contributed by atoms with Crippen LogP contribution in [0.25, 0.3) is 0 Å². The van der Waals surface area contributed by atoms with Crippen molar-refractivity contribution >= 4 is 23.4 Å². The van der Waals surface area contributed by atoms with Crippen LogP contribution in [0.2, 0.25) is 0 Å². The van der Waals surface area contributed by atoms with Gasteiger partial charge >= 0.3 is 0 Å². The molecule has 28 heavy (non-hydrogen) atoms. The second-order valence-electron chi connectivity index (χ2n) is 7.53. The SMILES string of the molecule is CCC(C)c1ccc(NC(N)=NCCCc2nnc(SC)n2CC(C)C)cc1. The Labute approximate surface area is 173 Å². The van der Waals surface area contributed by atoms with Crippen LogP contribution in [0.1, 0.15) is 57.8 Å². The Hall–Kier alpha value is -2.02. The standard InChI is InChI=1S/C21H34N6S/c1-6-16(4)17-9-11-18(12-10-17)24-20(22)23-13-7-8-19-25-26-21(28-5)27(19)14-15(2)3/h9-12,15-16H,6-8,13-14H2,1-5H3,(H3,22,23,24). The average molecular weight is 403 g/mol. The number of nitrogens with zero attached hydrogens (tertiary/aromatic N) is 4. The number of guanidine groups is 1. The molecular formula is C21H34N6S. The van der Waals surface area contributed by atoms with Crippen LogP contribution in [0.3, 0.4) is 0 Å². The quantitative estimate of drug-likeness (QED) is 0.264. The Kier molecular flexibility index (Phi) is 8.83. The molecule has 0 radical (unpaired) electrons. The Morgan fingerprint density at radius 2 is 1.93 bits per heavy atom. The van der Waals surface area contributed by atoms with Crippen LogP contribution in [0.4, 0.5) is 5.69 Å². The van der Waals surface area contributed by atoms with Gasteiger partial charge in [0.15, 0.2) is 11.1 Å². The van der Waals surface area contributed by atoms with Gasteiger partial charge in [-0.1, -0.05) is 51.6 Å². The summed E-state index contributed by atoms with van der Waals surface area (Å²) in [6.07, 6.45) is 4.91. The summed E-state index contributed by atoms with van der Waals surface area (Å²) in [4.78, 5) is 4.45. The molecule has 1 aromatic carbocycles. The van der Waals surface area contributed by atoms with E-state index in [-0.39, 0.29) is 0 Å². The van der Waals surface area contributed by atoms with Crippen molar-refractivity contribution < 1.29 is 0 Å². The first-order valence-electron chi connectivity index (χ1n) is 10.1. The van der Waals surface area contributed by atoms with Crippen LogP contribution in [0, 0.1) is 5.92 Å². The molecular weight excluding hydrogens is 368 g/mol. The van der Waals surface area contributed by atoms with E-state index in [1.54, 1.807) is 11.8 Å². The minimum absolute atomic E-state index is 0.449. The molecule has 1 heterocycles. The summed E-state index contributed by atoms with van der Waals surface area (Å²) in [7, 11) is 0. The summed E-state index contributed by atoms with van der Waals surface area (Å²) >= 11 is 1.64. The maximum absolute atomic E-state index is 6.03. The molecule has 0 saturated heterocycles. The molecule has 1 atom stereocenters. The van der Waals surface area contributed by atoms with Crippen LogP contribution in [-0.4, -0.2) is 33.5 Å². The zero-order valence-electron chi connectivity index (χ0n) is 17.8. The van der Waals surface area contributed by atoms with Crippen molar-refractivity contribution in [2.45, 2.75) is 64.6 Å². The topological polar surface area (TPSA) is 81.1 Å². The molecule has 154 valence electrons. The molecule has 0 bridgehead atoms. The molecule has 3 N–H and O–H groups in total. The van der Waals surface area contributed by atoms with Crippen LogP contribution in [0.5, 0.6) is 0 Å². The number of aryl methyl sites for hydroxylation is 1. The number of aliphatic imine (C=N–C) groups is 1. The van der Waals surface area contributed by atoms with Gasteiger partial charge in [0, 0.05) is 25.2 Å². The third-order valence-corrected chi connectivity index (χ3v) is 5.40. The van der Waals surface area contributed by atoms with Gasteiger partial charge in [-0.2, -0.15) is 0 Å². The van der Waals surface area contributed by atoms with E-state index in [1.165, 1.54) is 5.56 Å². The van der Waals surface area contributed by atoms with E-state index in [1.807, 2.05) is 6.26 Å². The van der Waals surface area contributed by atoms with Gasteiger partial charge < -0.3 is 15.6 Å². The van der Waals surface area contributed by atoms with E-state index in [2.05, 4.69) is 77.0 Å². The first kappa shape index (κ1) is 22.3. The van der Waals surface area contributed by atoms with E-state index in [0.29, 0.717) is 24.3 Å². The number of nitrogens with two attached hydrogens (primary N) is 1. The Morgan fingerprint density at radius 1 is 1.21 bits per heavy atom. The Balaban J connectivity index is 1.85. The number of rotatable bonds is 10. The number of nitrogens with one attached hydrogen (secondary N) is 1. The van der Waals surface area contributed by atoms with Crippen LogP contribution in [0.15, 0.2) is 34.4 Å². The van der Waals surface area contributed by atoms with E-state index >= 15 is 0 Å². The molecule has 2 rings (SSSR count). The predicted molar refractivity (Wildman–Crippen MR) is 120 cm³/mol. The third-order valence-electron chi connectivity index (χ3n) is 4.73. The lowest BCUT2D eigenvalue weighted by atomic mass is 9.99. The van der Waals surface area contributed by atoms with Crippen LogP contribution < -0.4 is 11.1 Å². The lowest BCUT2D eigenvalue weighted by Gasteiger charge is -2.11. The minimum atomic E-state index is 0.449. The second-order valence-corrected chi connectivity index (χ2v) is 8.31. The molecule has 0 fully saturated rings. The molecule has 0 saturated carbocycles. The number of hydrogen-bond donors (Lipinski definition) is 2. The normalized spacial score (nSPS) is 13.1. The molecule has 0 spiro atoms. The zero-order valence-corrected chi connectivity index (χ0v) is 18.6. The van der Waals surface area contributed by atoms with Crippen LogP contribution >= 0.6 is 11.8 Å². The smallest absolute Gasteiger partial charge is 0.193 e. The highest BCUT2D eigenvalue weighted by Crippen LogP contribution is 2.20. The average Bonchev–Trinajstić information content (AvgIpc) is 3.06. The van der Waals surface area contributed by atoms with Crippen molar-refractivity contribution in [3.8, 4) is 0 Å².